The van der Waals surface area contributed by atoms with Crippen LogP contribution in [0, 0.1) is 5.92 Å². The molecule has 0 spiro atoms. The lowest BCUT2D eigenvalue weighted by molar-refractivity contribution is -0.126. The van der Waals surface area contributed by atoms with E-state index in [9.17, 15) is 9.90 Å². The predicted octanol–water partition coefficient (Wildman–Crippen LogP) is -0.198. The summed E-state index contributed by atoms with van der Waals surface area (Å²) in [7, 11) is 0. The van der Waals surface area contributed by atoms with E-state index in [1.165, 1.54) is 6.08 Å². The number of nitrogens with two attached hydrogens (primary N) is 1. The summed E-state index contributed by atoms with van der Waals surface area (Å²) in [5, 5.41) is 9.60. The Hall–Kier alpha value is -0.650. The summed E-state index contributed by atoms with van der Waals surface area (Å²) in [6.45, 7) is 0. The second-order valence-electron chi connectivity index (χ2n) is 2.46. The first kappa shape index (κ1) is 9.44. The third kappa shape index (κ3) is 1.74. The van der Waals surface area contributed by atoms with E-state index in [-0.39, 0.29) is 0 Å². The van der Waals surface area contributed by atoms with Crippen LogP contribution in [0.3, 0.4) is 0 Å². The van der Waals surface area contributed by atoms with Crippen molar-refractivity contribution in [3.8, 4) is 0 Å². The Labute approximate surface area is 78.2 Å². The van der Waals surface area contributed by atoms with Crippen LogP contribution in [-0.4, -0.2) is 15.5 Å². The smallest absolute Gasteiger partial charge is 0.244 e. The zero-order valence-electron chi connectivity index (χ0n) is 6.20. The zero-order valence-corrected chi connectivity index (χ0v) is 7.78. The summed E-state index contributed by atoms with van der Waals surface area (Å²) in [6.07, 6.45) is 6.37. The minimum absolute atomic E-state index is 0.435. The van der Waals surface area contributed by atoms with Crippen molar-refractivity contribution >= 4 is 21.8 Å². The highest BCUT2D eigenvalue weighted by molar-refractivity contribution is 9.10. The highest BCUT2D eigenvalue weighted by atomic mass is 79.9. The monoisotopic (exact) mass is 232 g/mol. The van der Waals surface area contributed by atoms with Gasteiger partial charge in [0.25, 0.3) is 0 Å². The van der Waals surface area contributed by atoms with Crippen LogP contribution in [0.5, 0.6) is 0 Å². The molecule has 1 amide bonds. The van der Waals surface area contributed by atoms with Crippen LogP contribution in [0.1, 0.15) is 0 Å². The van der Waals surface area contributed by atoms with E-state index in [0.717, 1.165) is 0 Å². The van der Waals surface area contributed by atoms with Crippen molar-refractivity contribution in [1.82, 2.24) is 5.43 Å². The molecule has 4 nitrogen and oxygen atoms in total. The van der Waals surface area contributed by atoms with Gasteiger partial charge >= 0.3 is 0 Å². The second-order valence-corrected chi connectivity index (χ2v) is 3.73. The lowest BCUT2D eigenvalue weighted by atomic mass is 9.97. The summed E-state index contributed by atoms with van der Waals surface area (Å²) in [4.78, 5) is 11.1. The molecule has 4 N–H and O–H groups in total. The number of hydrogen-bond donors (Lipinski definition) is 3. The number of alkyl halides is 1. The van der Waals surface area contributed by atoms with E-state index in [0.29, 0.717) is 0 Å². The van der Waals surface area contributed by atoms with Gasteiger partial charge in [0.05, 0.1) is 0 Å². The molecule has 1 aliphatic carbocycles. The Kier molecular flexibility index (Phi) is 2.66. The van der Waals surface area contributed by atoms with Crippen LogP contribution in [0.2, 0.25) is 0 Å². The van der Waals surface area contributed by atoms with Crippen LogP contribution in [0.4, 0.5) is 0 Å². The fourth-order valence-electron chi connectivity index (χ4n) is 0.965. The predicted molar refractivity (Wildman–Crippen MR) is 48.0 cm³/mol. The number of carbonyl (C=O) groups is 1. The molecule has 0 aromatic carbocycles. The molecule has 1 rings (SSSR count). The molecule has 0 heterocycles. The highest BCUT2D eigenvalue weighted by Crippen LogP contribution is 2.30. The lowest BCUT2D eigenvalue weighted by Crippen LogP contribution is -2.44. The van der Waals surface area contributed by atoms with Crippen LogP contribution < -0.4 is 11.3 Å². The van der Waals surface area contributed by atoms with Gasteiger partial charge in [0.1, 0.15) is 5.92 Å². The van der Waals surface area contributed by atoms with Crippen molar-refractivity contribution in [3.63, 3.8) is 0 Å². The average Bonchev–Trinajstić information content (AvgIpc) is 2.02. The van der Waals surface area contributed by atoms with Crippen molar-refractivity contribution in [3.05, 3.63) is 24.3 Å². The number of aliphatic hydroxyl groups is 1. The van der Waals surface area contributed by atoms with E-state index >= 15 is 0 Å². The first-order valence-corrected chi connectivity index (χ1v) is 4.15. The molecule has 0 radical (unpaired) electrons. The fraction of sp³-hybridized carbons (Fsp3) is 0.286. The molecule has 0 fully saturated rings. The van der Waals surface area contributed by atoms with Crippen LogP contribution in [0.15, 0.2) is 24.3 Å². The molecule has 0 aliphatic heterocycles. The minimum Gasteiger partial charge on any atom is -0.374 e. The first-order valence-electron chi connectivity index (χ1n) is 3.35. The second kappa shape index (κ2) is 3.38. The Bertz CT molecular complexity index is 248. The van der Waals surface area contributed by atoms with Crippen LogP contribution >= 0.6 is 15.9 Å². The molecule has 0 saturated heterocycles. The summed E-state index contributed by atoms with van der Waals surface area (Å²) >= 11 is 3.00. The van der Waals surface area contributed by atoms with Gasteiger partial charge in [0.15, 0.2) is 4.51 Å². The Morgan fingerprint density at radius 3 is 2.83 bits per heavy atom. The van der Waals surface area contributed by atoms with E-state index < -0.39 is 16.3 Å². The Morgan fingerprint density at radius 1 is 1.67 bits per heavy atom. The minimum atomic E-state index is -1.33. The molecule has 1 aliphatic rings. The number of carbonyl (C=O) groups excluding carboxylic acids is 1. The maximum absolute atomic E-state index is 11.1. The van der Waals surface area contributed by atoms with Crippen LogP contribution in [-0.2, 0) is 4.79 Å². The van der Waals surface area contributed by atoms with Crippen molar-refractivity contribution < 1.29 is 9.90 Å². The van der Waals surface area contributed by atoms with Crippen molar-refractivity contribution in [2.75, 3.05) is 0 Å². The van der Waals surface area contributed by atoms with E-state index in [1.807, 2.05) is 5.43 Å². The van der Waals surface area contributed by atoms with Crippen molar-refractivity contribution in [1.29, 1.82) is 0 Å². The van der Waals surface area contributed by atoms with Gasteiger partial charge in [-0.2, -0.15) is 0 Å². The van der Waals surface area contributed by atoms with Gasteiger partial charge in [-0.1, -0.05) is 18.2 Å². The summed E-state index contributed by atoms with van der Waals surface area (Å²) < 4.78 is -1.33. The number of allylic oxidation sites excluding steroid dienone is 2. The molecule has 2 unspecified atom stereocenters. The zero-order chi connectivity index (χ0) is 9.19. The molecular formula is C7H9BrN2O2. The fourth-order valence-corrected chi connectivity index (χ4v) is 1.48. The van der Waals surface area contributed by atoms with E-state index in [4.69, 9.17) is 5.84 Å². The summed E-state index contributed by atoms with van der Waals surface area (Å²) in [6, 6.07) is 0. The molecule has 0 bridgehead atoms. The van der Waals surface area contributed by atoms with Gasteiger partial charge in [0.2, 0.25) is 5.91 Å². The van der Waals surface area contributed by atoms with Crippen molar-refractivity contribution in [2.45, 2.75) is 4.51 Å². The average molecular weight is 233 g/mol. The van der Waals surface area contributed by atoms with Crippen molar-refractivity contribution in [2.24, 2.45) is 11.8 Å². The van der Waals surface area contributed by atoms with Crippen LogP contribution in [0.25, 0.3) is 0 Å². The van der Waals surface area contributed by atoms with E-state index in [2.05, 4.69) is 15.9 Å². The molecule has 5 heteroatoms. The molecule has 2 atom stereocenters. The number of rotatable bonds is 1. The number of hydrazine groups is 1. The van der Waals surface area contributed by atoms with Gasteiger partial charge < -0.3 is 5.11 Å². The van der Waals surface area contributed by atoms with Gasteiger partial charge in [-0.05, 0) is 22.0 Å². The molecule has 0 aromatic heterocycles. The summed E-state index contributed by atoms with van der Waals surface area (Å²) in [5.41, 5.74) is 1.98. The summed E-state index contributed by atoms with van der Waals surface area (Å²) in [5.74, 6) is 3.81. The van der Waals surface area contributed by atoms with Gasteiger partial charge in [0, 0.05) is 0 Å². The SMILES string of the molecule is NNC(=O)C1C=CC=CC1(O)Br. The maximum atomic E-state index is 11.1. The van der Waals surface area contributed by atoms with E-state index in [1.54, 1.807) is 18.2 Å². The number of hydrogen-bond acceptors (Lipinski definition) is 3. The van der Waals surface area contributed by atoms with Gasteiger partial charge in [-0.15, -0.1) is 0 Å². The highest BCUT2D eigenvalue weighted by Gasteiger charge is 2.35. The Morgan fingerprint density at radius 2 is 2.33 bits per heavy atom. The number of amides is 1. The number of nitrogens with one attached hydrogen (secondary N) is 1. The quantitative estimate of drug-likeness (QED) is 0.254. The Balaban J connectivity index is 2.84. The van der Waals surface area contributed by atoms with Gasteiger partial charge in [-0.3, -0.25) is 10.2 Å². The first-order chi connectivity index (χ1) is 5.58. The van der Waals surface area contributed by atoms with Gasteiger partial charge in [-0.25, -0.2) is 5.84 Å². The third-order valence-electron chi connectivity index (χ3n) is 1.61. The molecular weight excluding hydrogens is 224 g/mol. The third-order valence-corrected chi connectivity index (χ3v) is 2.36. The number of halogens is 1. The molecule has 0 saturated carbocycles. The maximum Gasteiger partial charge on any atom is 0.244 e. The standard InChI is InChI=1S/C7H9BrN2O2/c8-7(12)4-2-1-3-5(7)6(11)10-9/h1-5,12H,9H2,(H,10,11). The lowest BCUT2D eigenvalue weighted by Gasteiger charge is -2.25. The molecule has 66 valence electrons. The normalized spacial score (nSPS) is 33.4. The molecule has 0 aromatic rings. The topological polar surface area (TPSA) is 75.3 Å². The molecule has 12 heavy (non-hydrogen) atoms. The largest absolute Gasteiger partial charge is 0.374 e.